The van der Waals surface area contributed by atoms with E-state index in [1.165, 1.54) is 22.5 Å². The molecule has 1 aliphatic heterocycles. The summed E-state index contributed by atoms with van der Waals surface area (Å²) in [5, 5.41) is 2.65. The Balaban J connectivity index is 1.84. The Labute approximate surface area is 156 Å². The van der Waals surface area contributed by atoms with Crippen LogP contribution in [-0.2, 0) is 23.0 Å². The Kier molecular flexibility index (Phi) is 5.32. The van der Waals surface area contributed by atoms with Crippen LogP contribution in [0.1, 0.15) is 28.4 Å². The summed E-state index contributed by atoms with van der Waals surface area (Å²) in [6, 6.07) is 9.33. The van der Waals surface area contributed by atoms with Crippen molar-refractivity contribution in [3.8, 4) is 0 Å². The van der Waals surface area contributed by atoms with E-state index in [0.717, 1.165) is 11.1 Å². The SMILES string of the molecule is CCS(=O)(=O)N1CCc2ccc(NC(=O)c3c(F)cccc3Cl)cc2C1. The van der Waals surface area contributed by atoms with Gasteiger partial charge in [-0.25, -0.2) is 12.8 Å². The van der Waals surface area contributed by atoms with Crippen LogP contribution >= 0.6 is 11.6 Å². The highest BCUT2D eigenvalue weighted by Crippen LogP contribution is 2.26. The van der Waals surface area contributed by atoms with Crippen LogP contribution in [0.15, 0.2) is 36.4 Å². The van der Waals surface area contributed by atoms with E-state index in [0.29, 0.717) is 18.7 Å². The minimum absolute atomic E-state index is 0.0284. The number of carbonyl (C=O) groups excluding carboxylic acids is 1. The number of nitrogens with one attached hydrogen (secondary N) is 1. The lowest BCUT2D eigenvalue weighted by Crippen LogP contribution is -2.36. The maximum atomic E-state index is 13.9. The molecule has 138 valence electrons. The molecule has 0 aromatic heterocycles. The lowest BCUT2D eigenvalue weighted by atomic mass is 10.0. The lowest BCUT2D eigenvalue weighted by Gasteiger charge is -2.28. The van der Waals surface area contributed by atoms with E-state index in [-0.39, 0.29) is 22.9 Å². The monoisotopic (exact) mass is 396 g/mol. The number of sulfonamides is 1. The van der Waals surface area contributed by atoms with Gasteiger partial charge in [-0.3, -0.25) is 4.79 Å². The molecule has 0 saturated carbocycles. The predicted molar refractivity (Wildman–Crippen MR) is 99.4 cm³/mol. The molecule has 0 radical (unpaired) electrons. The first-order valence-electron chi connectivity index (χ1n) is 8.17. The molecule has 1 amide bonds. The topological polar surface area (TPSA) is 66.5 Å². The van der Waals surface area contributed by atoms with Crippen LogP contribution in [-0.4, -0.2) is 30.9 Å². The van der Waals surface area contributed by atoms with E-state index >= 15 is 0 Å². The third-order valence-corrected chi connectivity index (χ3v) is 6.53. The van der Waals surface area contributed by atoms with E-state index in [9.17, 15) is 17.6 Å². The van der Waals surface area contributed by atoms with E-state index < -0.39 is 21.7 Å². The highest BCUT2D eigenvalue weighted by atomic mass is 35.5. The van der Waals surface area contributed by atoms with E-state index in [2.05, 4.69) is 5.32 Å². The molecule has 0 fully saturated rings. The molecule has 5 nitrogen and oxygen atoms in total. The van der Waals surface area contributed by atoms with Crippen molar-refractivity contribution in [2.24, 2.45) is 0 Å². The molecule has 1 N–H and O–H groups in total. The molecular weight excluding hydrogens is 379 g/mol. The molecule has 2 aromatic rings. The van der Waals surface area contributed by atoms with Gasteiger partial charge in [-0.1, -0.05) is 23.7 Å². The average Bonchev–Trinajstić information content (AvgIpc) is 2.61. The Hall–Kier alpha value is -1.96. The fraction of sp³-hybridized carbons (Fsp3) is 0.278. The number of carbonyl (C=O) groups is 1. The summed E-state index contributed by atoms with van der Waals surface area (Å²) < 4.78 is 39.5. The Morgan fingerprint density at radius 3 is 2.73 bits per heavy atom. The molecule has 0 atom stereocenters. The summed E-state index contributed by atoms with van der Waals surface area (Å²) in [7, 11) is -3.28. The fourth-order valence-electron chi connectivity index (χ4n) is 2.94. The predicted octanol–water partition coefficient (Wildman–Crippen LogP) is 3.44. The van der Waals surface area contributed by atoms with Crippen LogP contribution in [0.25, 0.3) is 0 Å². The summed E-state index contributed by atoms with van der Waals surface area (Å²) in [5.74, 6) is -1.31. The number of benzene rings is 2. The quantitative estimate of drug-likeness (QED) is 0.860. The highest BCUT2D eigenvalue weighted by Gasteiger charge is 2.25. The number of amides is 1. The van der Waals surface area contributed by atoms with Crippen molar-refractivity contribution >= 4 is 33.2 Å². The van der Waals surface area contributed by atoms with Crippen molar-refractivity contribution in [1.29, 1.82) is 0 Å². The molecule has 2 aromatic carbocycles. The van der Waals surface area contributed by atoms with Crippen molar-refractivity contribution in [1.82, 2.24) is 4.31 Å². The molecule has 0 unspecified atom stereocenters. The van der Waals surface area contributed by atoms with Gasteiger partial charge in [-0.15, -0.1) is 0 Å². The second-order valence-corrected chi connectivity index (χ2v) is 8.68. The molecule has 0 aliphatic carbocycles. The van der Waals surface area contributed by atoms with Crippen LogP contribution in [0.2, 0.25) is 5.02 Å². The second-order valence-electron chi connectivity index (χ2n) is 6.02. The van der Waals surface area contributed by atoms with Crippen LogP contribution in [0.3, 0.4) is 0 Å². The molecule has 0 spiro atoms. The number of nitrogens with zero attached hydrogens (tertiary/aromatic N) is 1. The summed E-state index contributed by atoms with van der Waals surface area (Å²) >= 11 is 5.92. The highest BCUT2D eigenvalue weighted by molar-refractivity contribution is 7.89. The Morgan fingerprint density at radius 2 is 2.04 bits per heavy atom. The van der Waals surface area contributed by atoms with Gasteiger partial charge in [-0.2, -0.15) is 4.31 Å². The number of hydrogen-bond donors (Lipinski definition) is 1. The van der Waals surface area contributed by atoms with E-state index in [1.807, 2.05) is 6.07 Å². The summed E-state index contributed by atoms with van der Waals surface area (Å²) in [6.07, 6.45) is 0.613. The summed E-state index contributed by atoms with van der Waals surface area (Å²) in [6.45, 7) is 2.31. The van der Waals surface area contributed by atoms with Gasteiger partial charge in [0.1, 0.15) is 5.82 Å². The minimum Gasteiger partial charge on any atom is -0.322 e. The summed E-state index contributed by atoms with van der Waals surface area (Å²) in [4.78, 5) is 12.4. The lowest BCUT2D eigenvalue weighted by molar-refractivity contribution is 0.102. The maximum absolute atomic E-state index is 13.9. The van der Waals surface area contributed by atoms with Gasteiger partial charge in [-0.05, 0) is 48.7 Å². The van der Waals surface area contributed by atoms with Crippen LogP contribution in [0.4, 0.5) is 10.1 Å². The van der Waals surface area contributed by atoms with Gasteiger partial charge in [0, 0.05) is 18.8 Å². The van der Waals surface area contributed by atoms with Crippen molar-refractivity contribution < 1.29 is 17.6 Å². The molecule has 0 saturated heterocycles. The van der Waals surface area contributed by atoms with Gasteiger partial charge in [0.2, 0.25) is 10.0 Å². The molecular formula is C18H18ClFN2O3S. The zero-order chi connectivity index (χ0) is 18.9. The first-order chi connectivity index (χ1) is 12.3. The van der Waals surface area contributed by atoms with Gasteiger partial charge in [0.05, 0.1) is 16.3 Å². The second kappa shape index (κ2) is 7.34. The largest absolute Gasteiger partial charge is 0.322 e. The third-order valence-electron chi connectivity index (χ3n) is 4.39. The average molecular weight is 397 g/mol. The summed E-state index contributed by atoms with van der Waals surface area (Å²) in [5.41, 5.74) is 2.10. The first kappa shape index (κ1) is 18.8. The van der Waals surface area contributed by atoms with Crippen molar-refractivity contribution in [2.75, 3.05) is 17.6 Å². The van der Waals surface area contributed by atoms with Gasteiger partial charge in [0.15, 0.2) is 0 Å². The van der Waals surface area contributed by atoms with Gasteiger partial charge in [0.25, 0.3) is 5.91 Å². The zero-order valence-corrected chi connectivity index (χ0v) is 15.7. The number of rotatable bonds is 4. The molecule has 1 heterocycles. The Morgan fingerprint density at radius 1 is 1.27 bits per heavy atom. The standard InChI is InChI=1S/C18H18ClFN2O3S/c1-2-26(24,25)22-9-8-12-6-7-14(10-13(12)11-22)21-18(23)17-15(19)4-3-5-16(17)20/h3-7,10H,2,8-9,11H2,1H3,(H,21,23). The first-order valence-corrected chi connectivity index (χ1v) is 10.2. The molecule has 8 heteroatoms. The van der Waals surface area contributed by atoms with Gasteiger partial charge >= 0.3 is 0 Å². The molecule has 26 heavy (non-hydrogen) atoms. The van der Waals surface area contributed by atoms with Crippen molar-refractivity contribution in [3.05, 3.63) is 63.9 Å². The third kappa shape index (κ3) is 3.75. The smallest absolute Gasteiger partial charge is 0.260 e. The van der Waals surface area contributed by atoms with Crippen molar-refractivity contribution in [2.45, 2.75) is 19.9 Å². The maximum Gasteiger partial charge on any atom is 0.260 e. The van der Waals surface area contributed by atoms with Crippen LogP contribution in [0, 0.1) is 5.82 Å². The van der Waals surface area contributed by atoms with Crippen molar-refractivity contribution in [3.63, 3.8) is 0 Å². The van der Waals surface area contributed by atoms with Crippen LogP contribution < -0.4 is 5.32 Å². The normalized spacial score (nSPS) is 14.7. The number of anilines is 1. The van der Waals surface area contributed by atoms with Gasteiger partial charge < -0.3 is 5.32 Å². The van der Waals surface area contributed by atoms with E-state index in [4.69, 9.17) is 11.6 Å². The number of hydrogen-bond acceptors (Lipinski definition) is 3. The number of fused-ring (bicyclic) bond motifs is 1. The fourth-order valence-corrected chi connectivity index (χ4v) is 4.26. The Bertz CT molecular complexity index is 943. The zero-order valence-electron chi connectivity index (χ0n) is 14.1. The van der Waals surface area contributed by atoms with E-state index in [1.54, 1.807) is 19.1 Å². The molecule has 3 rings (SSSR count). The minimum atomic E-state index is -3.28. The molecule has 0 bridgehead atoms. The number of halogens is 2. The van der Waals surface area contributed by atoms with Crippen LogP contribution in [0.5, 0.6) is 0 Å². The molecule has 1 aliphatic rings.